The minimum absolute atomic E-state index is 0.307. The van der Waals surface area contributed by atoms with E-state index in [0.29, 0.717) is 12.6 Å². The number of aromatic nitrogens is 2. The normalized spacial score (nSPS) is 17.4. The number of hydrogen-bond acceptors (Lipinski definition) is 3. The van der Waals surface area contributed by atoms with Crippen molar-refractivity contribution in [2.24, 2.45) is 0 Å². The molecule has 0 saturated heterocycles. The van der Waals surface area contributed by atoms with E-state index in [1.807, 2.05) is 13.0 Å². The summed E-state index contributed by atoms with van der Waals surface area (Å²) in [4.78, 5) is 4.63. The molecule has 0 bridgehead atoms. The summed E-state index contributed by atoms with van der Waals surface area (Å²) in [6, 6.07) is 8.63. The molecule has 2 aromatic rings. The van der Waals surface area contributed by atoms with Crippen LogP contribution >= 0.6 is 0 Å². The average Bonchev–Trinajstić information content (AvgIpc) is 2.91. The summed E-state index contributed by atoms with van der Waals surface area (Å²) in [5.41, 5.74) is 2.38. The van der Waals surface area contributed by atoms with Crippen molar-refractivity contribution < 1.29 is 4.74 Å². The first-order valence-electron chi connectivity index (χ1n) is 7.36. The maximum Gasteiger partial charge on any atom is 0.203 e. The third kappa shape index (κ3) is 2.26. The van der Waals surface area contributed by atoms with E-state index in [9.17, 15) is 0 Å². The molecule has 1 aromatic carbocycles. The molecule has 1 aromatic heterocycles. The molecule has 0 radical (unpaired) electrons. The Morgan fingerprint density at radius 1 is 1.35 bits per heavy atom. The third-order valence-corrected chi connectivity index (χ3v) is 3.76. The number of para-hydroxylation sites is 1. The highest BCUT2D eigenvalue weighted by molar-refractivity contribution is 5.41. The summed E-state index contributed by atoms with van der Waals surface area (Å²) in [5.74, 6) is 1.96. The van der Waals surface area contributed by atoms with Crippen LogP contribution in [-0.4, -0.2) is 22.7 Å². The van der Waals surface area contributed by atoms with E-state index in [1.165, 1.54) is 5.56 Å². The smallest absolute Gasteiger partial charge is 0.203 e. The van der Waals surface area contributed by atoms with E-state index < -0.39 is 0 Å². The molecule has 1 atom stereocenters. The van der Waals surface area contributed by atoms with Gasteiger partial charge in [-0.25, -0.2) is 4.98 Å². The molecule has 1 aliphatic rings. The SMILES string of the molecule is CCOc1ccccc1C1CCNc2nc(CC)cn21. The van der Waals surface area contributed by atoms with E-state index in [4.69, 9.17) is 4.74 Å². The highest BCUT2D eigenvalue weighted by Crippen LogP contribution is 2.35. The van der Waals surface area contributed by atoms with Crippen molar-refractivity contribution in [1.29, 1.82) is 0 Å². The van der Waals surface area contributed by atoms with Gasteiger partial charge in [-0.05, 0) is 25.8 Å². The molecule has 106 valence electrons. The zero-order valence-electron chi connectivity index (χ0n) is 12.1. The number of nitrogens with one attached hydrogen (secondary N) is 1. The Hall–Kier alpha value is -1.97. The Balaban J connectivity index is 2.02. The van der Waals surface area contributed by atoms with Crippen molar-refractivity contribution in [1.82, 2.24) is 9.55 Å². The predicted molar refractivity (Wildman–Crippen MR) is 80.5 cm³/mol. The van der Waals surface area contributed by atoms with Crippen LogP contribution < -0.4 is 10.1 Å². The van der Waals surface area contributed by atoms with Crippen molar-refractivity contribution in [2.45, 2.75) is 32.7 Å². The summed E-state index contributed by atoms with van der Waals surface area (Å²) in [7, 11) is 0. The highest BCUT2D eigenvalue weighted by atomic mass is 16.5. The van der Waals surface area contributed by atoms with Gasteiger partial charge in [0.15, 0.2) is 0 Å². The molecule has 0 spiro atoms. The summed E-state index contributed by atoms with van der Waals surface area (Å²) < 4.78 is 8.03. The van der Waals surface area contributed by atoms with Crippen LogP contribution in [0.15, 0.2) is 30.5 Å². The van der Waals surface area contributed by atoms with Crippen molar-refractivity contribution >= 4 is 5.95 Å². The van der Waals surface area contributed by atoms with Crippen LogP contribution in [0.5, 0.6) is 5.75 Å². The maximum atomic E-state index is 5.78. The molecule has 4 heteroatoms. The van der Waals surface area contributed by atoms with E-state index in [-0.39, 0.29) is 0 Å². The lowest BCUT2D eigenvalue weighted by molar-refractivity contribution is 0.330. The third-order valence-electron chi connectivity index (χ3n) is 3.76. The first-order valence-corrected chi connectivity index (χ1v) is 7.36. The molecule has 3 rings (SSSR count). The first-order chi connectivity index (χ1) is 9.83. The van der Waals surface area contributed by atoms with Gasteiger partial charge in [-0.3, -0.25) is 0 Å². The molecule has 0 fully saturated rings. The summed E-state index contributed by atoms with van der Waals surface area (Å²) in [6.45, 7) is 5.80. The number of benzene rings is 1. The summed E-state index contributed by atoms with van der Waals surface area (Å²) >= 11 is 0. The molecule has 0 amide bonds. The van der Waals surface area contributed by atoms with Crippen LogP contribution in [0.1, 0.15) is 37.6 Å². The fraction of sp³-hybridized carbons (Fsp3) is 0.438. The van der Waals surface area contributed by atoms with E-state index in [2.05, 4.69) is 46.2 Å². The molecule has 20 heavy (non-hydrogen) atoms. The lowest BCUT2D eigenvalue weighted by Gasteiger charge is -2.27. The molecule has 1 unspecified atom stereocenters. The van der Waals surface area contributed by atoms with Gasteiger partial charge in [0.25, 0.3) is 0 Å². The van der Waals surface area contributed by atoms with Gasteiger partial charge in [0.05, 0.1) is 18.3 Å². The standard InChI is InChI=1S/C16H21N3O/c1-3-12-11-19-14(9-10-17-16(19)18-12)13-7-5-6-8-15(13)20-4-2/h5-8,11,14H,3-4,9-10H2,1-2H3,(H,17,18). The fourth-order valence-corrected chi connectivity index (χ4v) is 2.79. The van der Waals surface area contributed by atoms with E-state index in [0.717, 1.165) is 36.8 Å². The number of aryl methyl sites for hydroxylation is 1. The first kappa shape index (κ1) is 13.0. The van der Waals surface area contributed by atoms with Crippen molar-refractivity contribution in [3.05, 3.63) is 41.7 Å². The van der Waals surface area contributed by atoms with E-state index >= 15 is 0 Å². The number of anilines is 1. The number of imidazole rings is 1. The van der Waals surface area contributed by atoms with Crippen molar-refractivity contribution in [3.8, 4) is 5.75 Å². The van der Waals surface area contributed by atoms with Gasteiger partial charge in [0, 0.05) is 18.3 Å². The molecular weight excluding hydrogens is 250 g/mol. The molecular formula is C16H21N3O. The van der Waals surface area contributed by atoms with E-state index in [1.54, 1.807) is 0 Å². The maximum absolute atomic E-state index is 5.78. The van der Waals surface area contributed by atoms with Gasteiger partial charge in [-0.2, -0.15) is 0 Å². The van der Waals surface area contributed by atoms with Gasteiger partial charge in [-0.1, -0.05) is 25.1 Å². The monoisotopic (exact) mass is 271 g/mol. The number of rotatable bonds is 4. The molecule has 1 aliphatic heterocycles. The van der Waals surface area contributed by atoms with Crippen LogP contribution in [0.4, 0.5) is 5.95 Å². The second-order valence-corrected chi connectivity index (χ2v) is 5.02. The zero-order chi connectivity index (χ0) is 13.9. The minimum atomic E-state index is 0.307. The van der Waals surface area contributed by atoms with Crippen LogP contribution in [0.25, 0.3) is 0 Å². The van der Waals surface area contributed by atoms with Gasteiger partial charge in [0.2, 0.25) is 5.95 Å². The second kappa shape index (κ2) is 5.57. The van der Waals surface area contributed by atoms with Crippen LogP contribution in [0.2, 0.25) is 0 Å². The Morgan fingerprint density at radius 2 is 2.20 bits per heavy atom. The lowest BCUT2D eigenvalue weighted by Crippen LogP contribution is -2.23. The van der Waals surface area contributed by atoms with Gasteiger partial charge >= 0.3 is 0 Å². The summed E-state index contributed by atoms with van der Waals surface area (Å²) in [5, 5.41) is 3.38. The quantitative estimate of drug-likeness (QED) is 0.927. The Labute approximate surface area is 119 Å². The highest BCUT2D eigenvalue weighted by Gasteiger charge is 2.24. The Bertz CT molecular complexity index is 591. The van der Waals surface area contributed by atoms with Crippen LogP contribution in [0.3, 0.4) is 0 Å². The Kier molecular flexibility index (Phi) is 3.63. The summed E-state index contributed by atoms with van der Waals surface area (Å²) in [6.07, 6.45) is 4.17. The largest absolute Gasteiger partial charge is 0.494 e. The topological polar surface area (TPSA) is 39.1 Å². The van der Waals surface area contributed by atoms with Crippen molar-refractivity contribution in [2.75, 3.05) is 18.5 Å². The van der Waals surface area contributed by atoms with Crippen LogP contribution in [-0.2, 0) is 6.42 Å². The predicted octanol–water partition coefficient (Wildman–Crippen LogP) is 3.25. The lowest BCUT2D eigenvalue weighted by atomic mass is 10.0. The Morgan fingerprint density at radius 3 is 3.00 bits per heavy atom. The fourth-order valence-electron chi connectivity index (χ4n) is 2.79. The van der Waals surface area contributed by atoms with Gasteiger partial charge in [-0.15, -0.1) is 0 Å². The number of nitrogens with zero attached hydrogens (tertiary/aromatic N) is 2. The number of hydrogen-bond donors (Lipinski definition) is 1. The average molecular weight is 271 g/mol. The minimum Gasteiger partial charge on any atom is -0.494 e. The van der Waals surface area contributed by atoms with Gasteiger partial charge < -0.3 is 14.6 Å². The molecule has 2 heterocycles. The zero-order valence-corrected chi connectivity index (χ0v) is 12.1. The number of ether oxygens (including phenoxy) is 1. The van der Waals surface area contributed by atoms with Gasteiger partial charge in [0.1, 0.15) is 5.75 Å². The number of fused-ring (bicyclic) bond motifs is 1. The second-order valence-electron chi connectivity index (χ2n) is 5.02. The molecule has 0 saturated carbocycles. The van der Waals surface area contributed by atoms with Crippen molar-refractivity contribution in [3.63, 3.8) is 0 Å². The van der Waals surface area contributed by atoms with Crippen LogP contribution in [0, 0.1) is 0 Å². The molecule has 0 aliphatic carbocycles. The molecule has 1 N–H and O–H groups in total. The molecule has 4 nitrogen and oxygen atoms in total.